The molecule has 0 saturated carbocycles. The van der Waals surface area contributed by atoms with Crippen LogP contribution in [0.3, 0.4) is 0 Å². The molecule has 2 atom stereocenters. The summed E-state index contributed by atoms with van der Waals surface area (Å²) in [6.45, 7) is 7.80. The summed E-state index contributed by atoms with van der Waals surface area (Å²) in [6.07, 6.45) is 5.22. The van der Waals surface area contributed by atoms with E-state index in [0.29, 0.717) is 23.4 Å². The fourth-order valence-corrected chi connectivity index (χ4v) is 4.09. The normalized spacial score (nSPS) is 24.7. The molecular weight excluding hydrogens is 326 g/mol. The van der Waals surface area contributed by atoms with Crippen molar-refractivity contribution in [3.8, 4) is 5.75 Å². The second-order valence-corrected chi connectivity index (χ2v) is 7.34. The summed E-state index contributed by atoms with van der Waals surface area (Å²) in [5.74, 6) is 0.694. The summed E-state index contributed by atoms with van der Waals surface area (Å²) in [6, 6.07) is 6.60. The largest absolute Gasteiger partial charge is 0.496 e. The molecule has 26 heavy (non-hydrogen) atoms. The van der Waals surface area contributed by atoms with Crippen LogP contribution in [0.5, 0.6) is 5.75 Å². The van der Waals surface area contributed by atoms with Gasteiger partial charge in [0.15, 0.2) is 0 Å². The van der Waals surface area contributed by atoms with Gasteiger partial charge in [-0.1, -0.05) is 12.6 Å². The van der Waals surface area contributed by atoms with E-state index < -0.39 is 0 Å². The molecule has 2 bridgehead atoms. The van der Waals surface area contributed by atoms with E-state index in [1.165, 1.54) is 0 Å². The van der Waals surface area contributed by atoms with Crippen molar-refractivity contribution >= 4 is 11.5 Å². The van der Waals surface area contributed by atoms with Crippen LogP contribution in [0.2, 0.25) is 0 Å². The molecule has 2 fully saturated rings. The number of allylic oxidation sites excluding steroid dienone is 3. The second kappa shape index (κ2) is 6.32. The maximum atomic E-state index is 13.0. The van der Waals surface area contributed by atoms with Gasteiger partial charge in [0.05, 0.1) is 12.7 Å². The number of methoxy groups -OCH3 is 1. The Morgan fingerprint density at radius 2 is 2.19 bits per heavy atom. The third kappa shape index (κ3) is 2.72. The zero-order valence-electron chi connectivity index (χ0n) is 15.6. The second-order valence-electron chi connectivity index (χ2n) is 7.34. The molecule has 3 heterocycles. The van der Waals surface area contributed by atoms with E-state index in [0.717, 1.165) is 41.9 Å². The van der Waals surface area contributed by atoms with Gasteiger partial charge in [0.2, 0.25) is 0 Å². The van der Waals surface area contributed by atoms with Crippen molar-refractivity contribution in [1.29, 1.82) is 0 Å². The lowest BCUT2D eigenvalue weighted by molar-refractivity contribution is 0.0712. The fraction of sp³-hybridized carbons (Fsp3) is 0.381. The van der Waals surface area contributed by atoms with Gasteiger partial charge in [-0.05, 0) is 48.3 Å². The molecule has 1 N–H and O–H groups in total. The molecule has 1 amide bonds. The summed E-state index contributed by atoms with van der Waals surface area (Å²) < 4.78 is 5.57. The van der Waals surface area contributed by atoms with Crippen LogP contribution < -0.4 is 10.1 Å². The Hall–Kier alpha value is -2.53. The van der Waals surface area contributed by atoms with Crippen LogP contribution in [0.15, 0.2) is 48.3 Å². The SMILES string of the molecule is C=C1C(C)=CC(c2ccc(C(=O)N3CC4CC3CN4)c(OC)c2)=CN1C. The molecule has 2 unspecified atom stereocenters. The van der Waals surface area contributed by atoms with Crippen molar-refractivity contribution in [2.45, 2.75) is 25.4 Å². The summed E-state index contributed by atoms with van der Waals surface area (Å²) in [5.41, 5.74) is 4.87. The van der Waals surface area contributed by atoms with Crippen molar-refractivity contribution in [2.75, 3.05) is 27.2 Å². The molecule has 1 aromatic carbocycles. The van der Waals surface area contributed by atoms with Crippen LogP contribution in [-0.4, -0.2) is 55.0 Å². The summed E-state index contributed by atoms with van der Waals surface area (Å²) in [7, 11) is 3.61. The maximum Gasteiger partial charge on any atom is 0.257 e. The number of benzene rings is 1. The molecule has 3 aliphatic rings. The Morgan fingerprint density at radius 1 is 1.38 bits per heavy atom. The highest BCUT2D eigenvalue weighted by molar-refractivity contribution is 5.98. The molecule has 0 aliphatic carbocycles. The lowest BCUT2D eigenvalue weighted by Crippen LogP contribution is -2.46. The van der Waals surface area contributed by atoms with E-state index >= 15 is 0 Å². The van der Waals surface area contributed by atoms with Gasteiger partial charge in [0.25, 0.3) is 5.91 Å². The van der Waals surface area contributed by atoms with E-state index in [2.05, 4.69) is 31.1 Å². The first-order valence-corrected chi connectivity index (χ1v) is 9.03. The monoisotopic (exact) mass is 351 g/mol. The molecule has 2 saturated heterocycles. The molecular formula is C21H25N3O2. The number of likely N-dealkylation sites (N-methyl/N-ethyl adjacent to an activating group) is 1. The van der Waals surface area contributed by atoms with Crippen LogP contribution in [0.25, 0.3) is 5.57 Å². The number of hydrogen-bond donors (Lipinski definition) is 1. The first-order valence-electron chi connectivity index (χ1n) is 9.03. The van der Waals surface area contributed by atoms with E-state index in [1.807, 2.05) is 35.0 Å². The summed E-state index contributed by atoms with van der Waals surface area (Å²) in [4.78, 5) is 17.0. The highest BCUT2D eigenvalue weighted by atomic mass is 16.5. The number of carbonyl (C=O) groups excluding carboxylic acids is 1. The van der Waals surface area contributed by atoms with E-state index in [1.54, 1.807) is 7.11 Å². The predicted molar refractivity (Wildman–Crippen MR) is 103 cm³/mol. The summed E-state index contributed by atoms with van der Waals surface area (Å²) >= 11 is 0. The van der Waals surface area contributed by atoms with Crippen molar-refractivity contribution in [3.63, 3.8) is 0 Å². The van der Waals surface area contributed by atoms with E-state index in [9.17, 15) is 4.79 Å². The lowest BCUT2D eigenvalue weighted by Gasteiger charge is -2.28. The molecule has 0 spiro atoms. The zero-order valence-corrected chi connectivity index (χ0v) is 15.6. The average Bonchev–Trinajstić information content (AvgIpc) is 3.28. The number of fused-ring (bicyclic) bond motifs is 2. The predicted octanol–water partition coefficient (Wildman–Crippen LogP) is 2.63. The number of ether oxygens (including phenoxy) is 1. The van der Waals surface area contributed by atoms with Crippen molar-refractivity contribution in [3.05, 3.63) is 59.5 Å². The quantitative estimate of drug-likeness (QED) is 0.909. The minimum atomic E-state index is 0.0669. The van der Waals surface area contributed by atoms with Gasteiger partial charge in [-0.25, -0.2) is 0 Å². The maximum absolute atomic E-state index is 13.0. The van der Waals surface area contributed by atoms with Crippen LogP contribution >= 0.6 is 0 Å². The van der Waals surface area contributed by atoms with Crippen LogP contribution in [0.1, 0.15) is 29.3 Å². The topological polar surface area (TPSA) is 44.8 Å². The summed E-state index contributed by atoms with van der Waals surface area (Å²) in [5, 5.41) is 3.43. The van der Waals surface area contributed by atoms with Gasteiger partial charge in [0, 0.05) is 44.1 Å². The highest BCUT2D eigenvalue weighted by Crippen LogP contribution is 2.33. The van der Waals surface area contributed by atoms with Crippen molar-refractivity contribution in [2.24, 2.45) is 0 Å². The number of likely N-dealkylation sites (tertiary alicyclic amines) is 1. The number of carbonyl (C=O) groups is 1. The molecule has 0 radical (unpaired) electrons. The Bertz CT molecular complexity index is 840. The van der Waals surface area contributed by atoms with Gasteiger partial charge in [0.1, 0.15) is 5.75 Å². The van der Waals surface area contributed by atoms with Gasteiger partial charge >= 0.3 is 0 Å². The number of nitrogens with zero attached hydrogens (tertiary/aromatic N) is 2. The van der Waals surface area contributed by atoms with Crippen LogP contribution in [0, 0.1) is 0 Å². The van der Waals surface area contributed by atoms with Crippen molar-refractivity contribution in [1.82, 2.24) is 15.1 Å². The van der Waals surface area contributed by atoms with Gasteiger partial charge in [-0.2, -0.15) is 0 Å². The standard InChI is InChI=1S/C21H25N3O2/c1-13-7-16(11-23(3)14(13)2)15-5-6-19(20(8-15)26-4)21(25)24-12-17-9-18(24)10-22-17/h5-8,11,17-18,22H,2,9-10,12H2,1,3-4H3. The first-order chi connectivity index (χ1) is 12.5. The first kappa shape index (κ1) is 16.9. The number of nitrogens with one attached hydrogen (secondary N) is 1. The number of piperazine rings is 1. The number of amides is 1. The Labute approximate surface area is 154 Å². The molecule has 4 rings (SSSR count). The Balaban J connectivity index is 1.64. The Morgan fingerprint density at radius 3 is 2.81 bits per heavy atom. The highest BCUT2D eigenvalue weighted by Gasteiger charge is 2.40. The van der Waals surface area contributed by atoms with Crippen LogP contribution in [0.4, 0.5) is 0 Å². The van der Waals surface area contributed by atoms with Gasteiger partial charge in [-0.3, -0.25) is 4.79 Å². The molecule has 136 valence electrons. The molecule has 0 aromatic heterocycles. The smallest absolute Gasteiger partial charge is 0.257 e. The lowest BCUT2D eigenvalue weighted by atomic mass is 9.98. The number of rotatable bonds is 3. The van der Waals surface area contributed by atoms with Crippen LogP contribution in [-0.2, 0) is 0 Å². The van der Waals surface area contributed by atoms with Crippen molar-refractivity contribution < 1.29 is 9.53 Å². The Kier molecular flexibility index (Phi) is 4.11. The third-order valence-corrected chi connectivity index (χ3v) is 5.67. The number of hydrogen-bond acceptors (Lipinski definition) is 4. The van der Waals surface area contributed by atoms with Gasteiger partial charge < -0.3 is 19.9 Å². The van der Waals surface area contributed by atoms with E-state index in [4.69, 9.17) is 4.74 Å². The third-order valence-electron chi connectivity index (χ3n) is 5.67. The molecule has 3 aliphatic heterocycles. The average molecular weight is 351 g/mol. The molecule has 5 heteroatoms. The van der Waals surface area contributed by atoms with Gasteiger partial charge in [-0.15, -0.1) is 0 Å². The minimum Gasteiger partial charge on any atom is -0.496 e. The zero-order chi connectivity index (χ0) is 18.4. The minimum absolute atomic E-state index is 0.0669. The van der Waals surface area contributed by atoms with E-state index in [-0.39, 0.29) is 5.91 Å². The molecule has 5 nitrogen and oxygen atoms in total. The fourth-order valence-electron chi connectivity index (χ4n) is 4.09. The molecule has 1 aromatic rings.